The zero-order valence-corrected chi connectivity index (χ0v) is 15.2. The maximum absolute atomic E-state index is 12.5. The van der Waals surface area contributed by atoms with Crippen LogP contribution in [0.2, 0.25) is 0 Å². The van der Waals surface area contributed by atoms with Crippen molar-refractivity contribution in [3.05, 3.63) is 28.3 Å². The number of ether oxygens (including phenoxy) is 3. The number of cyclic esters (lactones) is 1. The number of carbonyl (C=O) groups excluding carboxylic acids is 2. The van der Waals surface area contributed by atoms with Gasteiger partial charge in [-0.1, -0.05) is 0 Å². The number of rotatable bonds is 1. The molecule has 0 saturated heterocycles. The van der Waals surface area contributed by atoms with Gasteiger partial charge < -0.3 is 19.3 Å². The Balaban J connectivity index is 2.19. The topological polar surface area (TPSA) is 82.1 Å². The van der Waals surface area contributed by atoms with Crippen LogP contribution in [0.25, 0.3) is 10.8 Å². The summed E-state index contributed by atoms with van der Waals surface area (Å²) in [6, 6.07) is 1.73. The maximum atomic E-state index is 12.5. The van der Waals surface area contributed by atoms with E-state index in [2.05, 4.69) is 0 Å². The van der Waals surface area contributed by atoms with Gasteiger partial charge in [0.15, 0.2) is 11.5 Å². The third-order valence-corrected chi connectivity index (χ3v) is 4.98. The molecule has 2 aromatic carbocycles. The van der Waals surface area contributed by atoms with Gasteiger partial charge in [-0.3, -0.25) is 4.79 Å². The minimum atomic E-state index is -1.16. The molecule has 0 bridgehead atoms. The number of ketones is 1. The van der Waals surface area contributed by atoms with E-state index in [1.165, 1.54) is 7.11 Å². The molecule has 6 heteroatoms. The molecule has 0 fully saturated rings. The first-order valence-electron chi connectivity index (χ1n) is 8.60. The fraction of sp³-hybridized carbons (Fsp3) is 0.400. The number of benzene rings is 2. The largest absolute Gasteiger partial charge is 0.507 e. The summed E-state index contributed by atoms with van der Waals surface area (Å²) in [6.45, 7) is 5.04. The Bertz CT molecular complexity index is 986. The van der Waals surface area contributed by atoms with Crippen LogP contribution in [-0.4, -0.2) is 29.8 Å². The van der Waals surface area contributed by atoms with E-state index in [1.54, 1.807) is 26.8 Å². The van der Waals surface area contributed by atoms with Crippen molar-refractivity contribution in [1.82, 2.24) is 0 Å². The maximum Gasteiger partial charge on any atom is 0.345 e. The van der Waals surface area contributed by atoms with Gasteiger partial charge in [0.05, 0.1) is 18.1 Å². The normalized spacial score (nSPS) is 18.0. The van der Waals surface area contributed by atoms with E-state index in [-0.39, 0.29) is 22.8 Å². The van der Waals surface area contributed by atoms with Crippen LogP contribution in [0.5, 0.6) is 17.2 Å². The lowest BCUT2D eigenvalue weighted by Gasteiger charge is -2.34. The molecule has 4 rings (SSSR count). The van der Waals surface area contributed by atoms with Gasteiger partial charge in [0.25, 0.3) is 0 Å². The van der Waals surface area contributed by atoms with Crippen molar-refractivity contribution >= 4 is 22.5 Å². The lowest BCUT2D eigenvalue weighted by Crippen LogP contribution is -2.39. The number of carbonyl (C=O) groups is 2. The second-order valence-corrected chi connectivity index (χ2v) is 7.22. The van der Waals surface area contributed by atoms with E-state index in [0.717, 1.165) is 0 Å². The second kappa shape index (κ2) is 5.37. The molecule has 1 heterocycles. The van der Waals surface area contributed by atoms with Crippen LogP contribution in [0.4, 0.5) is 0 Å². The quantitative estimate of drug-likeness (QED) is 0.785. The molecule has 2 aliphatic rings. The zero-order chi connectivity index (χ0) is 18.8. The molecular weight excluding hydrogens is 336 g/mol. The summed E-state index contributed by atoms with van der Waals surface area (Å²) in [7, 11) is 1.50. The highest BCUT2D eigenvalue weighted by Gasteiger charge is 2.39. The number of methoxy groups -OCH3 is 1. The van der Waals surface area contributed by atoms with E-state index in [1.807, 2.05) is 0 Å². The molecule has 0 amide bonds. The number of hydrogen-bond acceptors (Lipinski definition) is 6. The van der Waals surface area contributed by atoms with E-state index < -0.39 is 11.8 Å². The van der Waals surface area contributed by atoms with Gasteiger partial charge in [-0.2, -0.15) is 0 Å². The van der Waals surface area contributed by atoms with Gasteiger partial charge in [0, 0.05) is 31.2 Å². The SMILES string of the molecule is COc1c2c(c(O)c3c4c(c(C)cc13)C(=O)OC(C)(C)O4)CCCC2=O. The number of phenols is 1. The Hall–Kier alpha value is -2.76. The molecule has 136 valence electrons. The Morgan fingerprint density at radius 2 is 1.88 bits per heavy atom. The first-order valence-corrected chi connectivity index (χ1v) is 8.60. The minimum Gasteiger partial charge on any atom is -0.507 e. The zero-order valence-electron chi connectivity index (χ0n) is 15.2. The first-order chi connectivity index (χ1) is 12.2. The van der Waals surface area contributed by atoms with Crippen molar-refractivity contribution in [3.8, 4) is 17.2 Å². The summed E-state index contributed by atoms with van der Waals surface area (Å²) in [5.41, 5.74) is 1.91. The first kappa shape index (κ1) is 16.7. The minimum absolute atomic E-state index is 0.0226. The monoisotopic (exact) mass is 356 g/mol. The fourth-order valence-electron chi connectivity index (χ4n) is 3.94. The van der Waals surface area contributed by atoms with E-state index >= 15 is 0 Å². The summed E-state index contributed by atoms with van der Waals surface area (Å²) in [5, 5.41) is 11.9. The Kier molecular flexibility index (Phi) is 3.45. The van der Waals surface area contributed by atoms with Crippen LogP contribution < -0.4 is 9.47 Å². The summed E-state index contributed by atoms with van der Waals surface area (Å²) < 4.78 is 16.8. The average Bonchev–Trinajstić information content (AvgIpc) is 2.54. The molecule has 0 radical (unpaired) electrons. The van der Waals surface area contributed by atoms with Gasteiger partial charge in [0.2, 0.25) is 5.79 Å². The smallest absolute Gasteiger partial charge is 0.345 e. The molecular formula is C20H20O6. The van der Waals surface area contributed by atoms with Crippen molar-refractivity contribution in [2.24, 2.45) is 0 Å². The van der Waals surface area contributed by atoms with Gasteiger partial charge in [-0.15, -0.1) is 0 Å². The molecule has 0 unspecified atom stereocenters. The van der Waals surface area contributed by atoms with Crippen LogP contribution in [-0.2, 0) is 11.2 Å². The Labute approximate surface area is 150 Å². The van der Waals surface area contributed by atoms with Crippen LogP contribution in [0.3, 0.4) is 0 Å². The van der Waals surface area contributed by atoms with Gasteiger partial charge >= 0.3 is 5.97 Å². The van der Waals surface area contributed by atoms with E-state index in [4.69, 9.17) is 14.2 Å². The van der Waals surface area contributed by atoms with Crippen LogP contribution in [0.1, 0.15) is 58.5 Å². The number of phenolic OH excluding ortho intramolecular Hbond substituents is 1. The average molecular weight is 356 g/mol. The van der Waals surface area contributed by atoms with E-state index in [9.17, 15) is 14.7 Å². The van der Waals surface area contributed by atoms with Crippen molar-refractivity contribution in [1.29, 1.82) is 0 Å². The number of fused-ring (bicyclic) bond motifs is 4. The molecule has 0 spiro atoms. The van der Waals surface area contributed by atoms with Crippen molar-refractivity contribution in [2.75, 3.05) is 7.11 Å². The predicted molar refractivity (Wildman–Crippen MR) is 94.3 cm³/mol. The molecule has 1 aliphatic heterocycles. The van der Waals surface area contributed by atoms with Crippen molar-refractivity contribution < 1.29 is 28.9 Å². The lowest BCUT2D eigenvalue weighted by atomic mass is 9.85. The fourth-order valence-corrected chi connectivity index (χ4v) is 3.94. The Morgan fingerprint density at radius 3 is 2.58 bits per heavy atom. The molecule has 1 aliphatic carbocycles. The summed E-state index contributed by atoms with van der Waals surface area (Å²) in [4.78, 5) is 25.0. The Morgan fingerprint density at radius 1 is 1.15 bits per heavy atom. The highest BCUT2D eigenvalue weighted by atomic mass is 16.7. The molecule has 2 aromatic rings. The predicted octanol–water partition coefficient (Wildman–Crippen LogP) is 3.67. The summed E-state index contributed by atoms with van der Waals surface area (Å²) in [5.74, 6) is -1.03. The van der Waals surface area contributed by atoms with Crippen LogP contribution in [0.15, 0.2) is 6.07 Å². The number of Topliss-reactive ketones (excluding diaryl/α,β-unsaturated/α-hetero) is 1. The lowest BCUT2D eigenvalue weighted by molar-refractivity contribution is -0.126. The standard InChI is InChI=1S/C20H20O6/c1-9-8-11-15(18-13(9)19(23)26-20(2,3)25-18)16(22)10-6-5-7-12(21)14(10)17(11)24-4/h8,22H,5-7H2,1-4H3. The van der Waals surface area contributed by atoms with Gasteiger partial charge in [-0.25, -0.2) is 4.79 Å². The highest BCUT2D eigenvalue weighted by molar-refractivity contribution is 6.14. The summed E-state index contributed by atoms with van der Waals surface area (Å²) in [6.07, 6.45) is 1.65. The molecule has 6 nitrogen and oxygen atoms in total. The van der Waals surface area contributed by atoms with Gasteiger partial charge in [0.1, 0.15) is 17.1 Å². The highest BCUT2D eigenvalue weighted by Crippen LogP contribution is 2.50. The summed E-state index contributed by atoms with van der Waals surface area (Å²) >= 11 is 0. The van der Waals surface area contributed by atoms with Crippen molar-refractivity contribution in [3.63, 3.8) is 0 Å². The number of aryl methyl sites for hydroxylation is 1. The third kappa shape index (κ3) is 2.18. The molecule has 26 heavy (non-hydrogen) atoms. The molecule has 0 atom stereocenters. The van der Waals surface area contributed by atoms with Crippen LogP contribution in [0, 0.1) is 6.92 Å². The van der Waals surface area contributed by atoms with Crippen LogP contribution >= 0.6 is 0 Å². The second-order valence-electron chi connectivity index (χ2n) is 7.22. The van der Waals surface area contributed by atoms with E-state index in [0.29, 0.717) is 52.5 Å². The number of aromatic hydroxyl groups is 1. The molecule has 0 aromatic heterocycles. The number of hydrogen-bond donors (Lipinski definition) is 1. The van der Waals surface area contributed by atoms with Gasteiger partial charge in [-0.05, 0) is 31.4 Å². The third-order valence-electron chi connectivity index (χ3n) is 4.98. The molecule has 1 N–H and O–H groups in total. The van der Waals surface area contributed by atoms with Crippen molar-refractivity contribution in [2.45, 2.75) is 45.8 Å². The molecule has 0 saturated carbocycles. The number of esters is 1.